The molecule has 0 spiro atoms. The summed E-state index contributed by atoms with van der Waals surface area (Å²) in [7, 11) is 1.71. The second-order valence-corrected chi connectivity index (χ2v) is 5.03. The molecule has 0 radical (unpaired) electrons. The van der Waals surface area contributed by atoms with Gasteiger partial charge in [-0.1, -0.05) is 17.7 Å². The van der Waals surface area contributed by atoms with Gasteiger partial charge in [-0.2, -0.15) is 0 Å². The Labute approximate surface area is 108 Å². The standard InChI is InChI=1S/C13H20ClNO2/c1-13(2,16-3)6-7-17-9-10-4-5-11(14)12(15)8-10/h4-5,8H,6-7,9,15H2,1-3H3. The number of ether oxygens (including phenoxy) is 2. The van der Waals surface area contributed by atoms with Gasteiger partial charge >= 0.3 is 0 Å². The van der Waals surface area contributed by atoms with Crippen LogP contribution in [0, 0.1) is 0 Å². The molecule has 96 valence electrons. The lowest BCUT2D eigenvalue weighted by Gasteiger charge is -2.22. The summed E-state index contributed by atoms with van der Waals surface area (Å²) >= 11 is 5.84. The summed E-state index contributed by atoms with van der Waals surface area (Å²) in [6.45, 7) is 5.28. The van der Waals surface area contributed by atoms with Crippen molar-refractivity contribution in [2.45, 2.75) is 32.5 Å². The third-order valence-corrected chi connectivity index (χ3v) is 3.07. The molecule has 0 fully saturated rings. The third-order valence-electron chi connectivity index (χ3n) is 2.73. The fourth-order valence-corrected chi connectivity index (χ4v) is 1.41. The van der Waals surface area contributed by atoms with E-state index in [1.807, 2.05) is 26.0 Å². The molecule has 2 N–H and O–H groups in total. The first-order valence-electron chi connectivity index (χ1n) is 5.61. The Balaban J connectivity index is 2.34. The van der Waals surface area contributed by atoms with Crippen LogP contribution in [0.1, 0.15) is 25.8 Å². The number of hydrogen-bond donors (Lipinski definition) is 1. The zero-order valence-corrected chi connectivity index (χ0v) is 11.4. The van der Waals surface area contributed by atoms with Crippen molar-refractivity contribution >= 4 is 17.3 Å². The van der Waals surface area contributed by atoms with Crippen LogP contribution in [-0.2, 0) is 16.1 Å². The van der Waals surface area contributed by atoms with Gasteiger partial charge in [0.15, 0.2) is 0 Å². The Morgan fingerprint density at radius 2 is 2.06 bits per heavy atom. The minimum atomic E-state index is -0.140. The van der Waals surface area contributed by atoms with Gasteiger partial charge in [0, 0.05) is 13.7 Å². The van der Waals surface area contributed by atoms with E-state index in [1.165, 1.54) is 0 Å². The average Bonchev–Trinajstić information content (AvgIpc) is 2.29. The van der Waals surface area contributed by atoms with Gasteiger partial charge in [0.25, 0.3) is 0 Å². The van der Waals surface area contributed by atoms with Gasteiger partial charge in [0.2, 0.25) is 0 Å². The van der Waals surface area contributed by atoms with E-state index in [9.17, 15) is 0 Å². The molecule has 0 aliphatic carbocycles. The molecule has 0 saturated heterocycles. The summed E-state index contributed by atoms with van der Waals surface area (Å²) in [5, 5.41) is 0.578. The summed E-state index contributed by atoms with van der Waals surface area (Å²) in [5.41, 5.74) is 7.19. The predicted molar refractivity (Wildman–Crippen MR) is 71.2 cm³/mol. The molecular weight excluding hydrogens is 238 g/mol. The van der Waals surface area contributed by atoms with Crippen molar-refractivity contribution < 1.29 is 9.47 Å². The normalized spacial score (nSPS) is 11.8. The van der Waals surface area contributed by atoms with Crippen LogP contribution in [0.4, 0.5) is 5.69 Å². The molecule has 4 heteroatoms. The number of nitrogen functional groups attached to an aromatic ring is 1. The molecule has 0 bridgehead atoms. The molecule has 17 heavy (non-hydrogen) atoms. The van der Waals surface area contributed by atoms with Gasteiger partial charge in [-0.15, -0.1) is 0 Å². The number of halogens is 1. The average molecular weight is 258 g/mol. The highest BCUT2D eigenvalue weighted by Crippen LogP contribution is 2.20. The second kappa shape index (κ2) is 6.24. The smallest absolute Gasteiger partial charge is 0.0717 e. The highest BCUT2D eigenvalue weighted by Gasteiger charge is 2.15. The number of hydrogen-bond acceptors (Lipinski definition) is 3. The summed E-state index contributed by atoms with van der Waals surface area (Å²) in [5.74, 6) is 0. The Morgan fingerprint density at radius 3 is 2.65 bits per heavy atom. The Kier molecular flexibility index (Phi) is 5.25. The summed E-state index contributed by atoms with van der Waals surface area (Å²) < 4.78 is 10.9. The Morgan fingerprint density at radius 1 is 1.35 bits per heavy atom. The van der Waals surface area contributed by atoms with Crippen LogP contribution in [0.3, 0.4) is 0 Å². The fourth-order valence-electron chi connectivity index (χ4n) is 1.29. The van der Waals surface area contributed by atoms with Crippen molar-refractivity contribution in [3.63, 3.8) is 0 Å². The van der Waals surface area contributed by atoms with Crippen molar-refractivity contribution in [1.82, 2.24) is 0 Å². The molecule has 1 aromatic carbocycles. The molecule has 0 aromatic heterocycles. The SMILES string of the molecule is COC(C)(C)CCOCc1ccc(Cl)c(N)c1. The van der Waals surface area contributed by atoms with Crippen LogP contribution in [0.5, 0.6) is 0 Å². The molecule has 3 nitrogen and oxygen atoms in total. The van der Waals surface area contributed by atoms with Crippen molar-refractivity contribution in [3.8, 4) is 0 Å². The molecule has 1 aromatic rings. The van der Waals surface area contributed by atoms with Crippen LogP contribution in [0.15, 0.2) is 18.2 Å². The van der Waals surface area contributed by atoms with Crippen molar-refractivity contribution in [3.05, 3.63) is 28.8 Å². The van der Waals surface area contributed by atoms with E-state index >= 15 is 0 Å². The number of nitrogens with two attached hydrogens (primary N) is 1. The summed E-state index contributed by atoms with van der Waals surface area (Å²) in [4.78, 5) is 0. The number of methoxy groups -OCH3 is 1. The molecule has 0 amide bonds. The number of rotatable bonds is 6. The summed E-state index contributed by atoms with van der Waals surface area (Å²) in [6, 6.07) is 5.54. The van der Waals surface area contributed by atoms with Crippen molar-refractivity contribution in [1.29, 1.82) is 0 Å². The van der Waals surface area contributed by atoms with Crippen LogP contribution >= 0.6 is 11.6 Å². The first-order chi connectivity index (χ1) is 7.94. The first-order valence-corrected chi connectivity index (χ1v) is 5.99. The lowest BCUT2D eigenvalue weighted by atomic mass is 10.1. The van der Waals surface area contributed by atoms with E-state index in [1.54, 1.807) is 13.2 Å². The maximum Gasteiger partial charge on any atom is 0.0717 e. The van der Waals surface area contributed by atoms with Crippen molar-refractivity contribution in [2.24, 2.45) is 0 Å². The highest BCUT2D eigenvalue weighted by molar-refractivity contribution is 6.33. The highest BCUT2D eigenvalue weighted by atomic mass is 35.5. The Hall–Kier alpha value is -0.770. The van der Waals surface area contributed by atoms with Crippen LogP contribution < -0.4 is 5.73 Å². The van der Waals surface area contributed by atoms with Crippen molar-refractivity contribution in [2.75, 3.05) is 19.5 Å². The monoisotopic (exact) mass is 257 g/mol. The minimum absolute atomic E-state index is 0.140. The third kappa shape index (κ3) is 4.94. The van der Waals surface area contributed by atoms with E-state index in [-0.39, 0.29) is 5.60 Å². The lowest BCUT2D eigenvalue weighted by molar-refractivity contribution is -0.0124. The van der Waals surface area contributed by atoms with Gasteiger partial charge < -0.3 is 15.2 Å². The number of benzene rings is 1. The van der Waals surface area contributed by atoms with E-state index in [0.29, 0.717) is 23.9 Å². The van der Waals surface area contributed by atoms with Gasteiger partial charge in [-0.25, -0.2) is 0 Å². The lowest BCUT2D eigenvalue weighted by Crippen LogP contribution is -2.24. The molecule has 1 rings (SSSR count). The van der Waals surface area contributed by atoms with E-state index in [4.69, 9.17) is 26.8 Å². The zero-order chi connectivity index (χ0) is 12.9. The molecule has 0 aliphatic rings. The molecule has 0 atom stereocenters. The topological polar surface area (TPSA) is 44.5 Å². The fraction of sp³-hybridized carbons (Fsp3) is 0.538. The largest absolute Gasteiger partial charge is 0.398 e. The van der Waals surface area contributed by atoms with Gasteiger partial charge in [-0.05, 0) is 38.0 Å². The second-order valence-electron chi connectivity index (χ2n) is 4.62. The molecule has 0 saturated carbocycles. The van der Waals surface area contributed by atoms with Gasteiger partial charge in [-0.3, -0.25) is 0 Å². The first kappa shape index (κ1) is 14.3. The number of anilines is 1. The quantitative estimate of drug-likeness (QED) is 0.628. The van der Waals surface area contributed by atoms with Gasteiger partial charge in [0.1, 0.15) is 0 Å². The maximum absolute atomic E-state index is 5.84. The zero-order valence-electron chi connectivity index (χ0n) is 10.6. The molecule has 0 heterocycles. The minimum Gasteiger partial charge on any atom is -0.398 e. The van der Waals surface area contributed by atoms with Crippen LogP contribution in [-0.4, -0.2) is 19.3 Å². The predicted octanol–water partition coefficient (Wildman–Crippen LogP) is 3.25. The van der Waals surface area contributed by atoms with Gasteiger partial charge in [0.05, 0.1) is 22.9 Å². The molecule has 0 unspecified atom stereocenters. The Bertz CT molecular complexity index is 366. The van der Waals surface area contributed by atoms with E-state index in [0.717, 1.165) is 12.0 Å². The molecular formula is C13H20ClNO2. The molecule has 0 aliphatic heterocycles. The van der Waals surface area contributed by atoms with Crippen LogP contribution in [0.25, 0.3) is 0 Å². The maximum atomic E-state index is 5.84. The summed E-state index contributed by atoms with van der Waals surface area (Å²) in [6.07, 6.45) is 0.854. The van der Waals surface area contributed by atoms with E-state index in [2.05, 4.69) is 0 Å². The van der Waals surface area contributed by atoms with Crippen LogP contribution in [0.2, 0.25) is 5.02 Å². The van der Waals surface area contributed by atoms with E-state index < -0.39 is 0 Å².